The average molecular weight is 767 g/mol. The number of nitrogens with zero attached hydrogens (tertiary/aromatic N) is 2. The summed E-state index contributed by atoms with van der Waals surface area (Å²) in [6.45, 7) is 11.5. The van der Waals surface area contributed by atoms with Gasteiger partial charge in [-0.05, 0) is 33.3 Å². The molecule has 0 fully saturated rings. The van der Waals surface area contributed by atoms with Crippen LogP contribution < -0.4 is 5.19 Å². The van der Waals surface area contributed by atoms with Crippen molar-refractivity contribution in [2.75, 3.05) is 0 Å². The summed E-state index contributed by atoms with van der Waals surface area (Å²) in [5.74, 6) is 0. The van der Waals surface area contributed by atoms with Gasteiger partial charge in [0.05, 0.1) is 8.07 Å². The Balaban J connectivity index is 0.000000197. The van der Waals surface area contributed by atoms with Gasteiger partial charge in [-0.25, -0.2) is 0 Å². The monoisotopic (exact) mass is 767 g/mol. The molecule has 0 unspecified atom stereocenters. The van der Waals surface area contributed by atoms with Crippen LogP contribution in [0.4, 0.5) is 0 Å². The molecule has 0 bridgehead atoms. The zero-order chi connectivity index (χ0) is 30.3. The van der Waals surface area contributed by atoms with E-state index in [9.17, 15) is 0 Å². The number of hydrogen-bond acceptors (Lipinski definition) is 2. The molecule has 44 heavy (non-hydrogen) atoms. The molecule has 2 aromatic heterocycles. The SMILES string of the molecule is CC(C)(c1ccccc1)c1ccc(-c2[c-]cccc2)nc1.C[Si](C)(C)c1ccc(-c2[c-]ccc(-c3ccccc3)c2)nc1.[Ir]. The van der Waals surface area contributed by atoms with Gasteiger partial charge in [0.15, 0.2) is 0 Å². The zero-order valence-electron chi connectivity index (χ0n) is 26.0. The number of aromatic nitrogens is 2. The summed E-state index contributed by atoms with van der Waals surface area (Å²) in [6.07, 6.45) is 4.01. The minimum atomic E-state index is -1.29. The molecule has 0 spiro atoms. The Morgan fingerprint density at radius 1 is 0.545 bits per heavy atom. The fraction of sp³-hybridized carbons (Fsp3) is 0.150. The fourth-order valence-corrected chi connectivity index (χ4v) is 5.95. The Labute approximate surface area is 277 Å². The van der Waals surface area contributed by atoms with Gasteiger partial charge < -0.3 is 9.97 Å². The largest absolute Gasteiger partial charge is 0.305 e. The summed E-state index contributed by atoms with van der Waals surface area (Å²) >= 11 is 0. The van der Waals surface area contributed by atoms with E-state index in [1.165, 1.54) is 27.4 Å². The van der Waals surface area contributed by atoms with E-state index in [4.69, 9.17) is 0 Å². The molecule has 4 aromatic carbocycles. The maximum Gasteiger partial charge on any atom is 0.0795 e. The zero-order valence-corrected chi connectivity index (χ0v) is 29.4. The van der Waals surface area contributed by atoms with Gasteiger partial charge in [-0.1, -0.05) is 118 Å². The number of benzene rings is 4. The van der Waals surface area contributed by atoms with Gasteiger partial charge >= 0.3 is 0 Å². The normalized spacial score (nSPS) is 11.1. The Bertz CT molecular complexity index is 1730. The van der Waals surface area contributed by atoms with Crippen molar-refractivity contribution in [2.45, 2.75) is 38.9 Å². The van der Waals surface area contributed by atoms with Gasteiger partial charge in [0.1, 0.15) is 0 Å². The molecule has 0 saturated carbocycles. The van der Waals surface area contributed by atoms with Crippen LogP contribution in [-0.2, 0) is 25.5 Å². The first kappa shape index (κ1) is 32.9. The molecule has 0 aliphatic rings. The maximum absolute atomic E-state index is 4.65. The van der Waals surface area contributed by atoms with Crippen molar-refractivity contribution in [1.82, 2.24) is 9.97 Å². The summed E-state index contributed by atoms with van der Waals surface area (Å²) in [6, 6.07) is 50.2. The van der Waals surface area contributed by atoms with Crippen LogP contribution in [0.3, 0.4) is 0 Å². The Morgan fingerprint density at radius 3 is 1.75 bits per heavy atom. The van der Waals surface area contributed by atoms with Crippen LogP contribution in [0, 0.1) is 12.1 Å². The molecule has 0 saturated heterocycles. The van der Waals surface area contributed by atoms with E-state index in [2.05, 4.69) is 141 Å². The van der Waals surface area contributed by atoms with Crippen molar-refractivity contribution in [3.8, 4) is 33.6 Å². The van der Waals surface area contributed by atoms with Crippen molar-refractivity contribution in [1.29, 1.82) is 0 Å². The van der Waals surface area contributed by atoms with Gasteiger partial charge in [0, 0.05) is 37.9 Å². The van der Waals surface area contributed by atoms with E-state index < -0.39 is 8.07 Å². The van der Waals surface area contributed by atoms with E-state index in [1.54, 1.807) is 0 Å². The van der Waals surface area contributed by atoms with Gasteiger partial charge in [-0.3, -0.25) is 0 Å². The third-order valence-corrected chi connectivity index (χ3v) is 9.81. The smallest absolute Gasteiger partial charge is 0.0795 e. The standard InChI is InChI=1S/C20H20NSi.C20H18N.Ir/c1-22(2,3)19-12-13-20(21-15-19)18-11-7-10-17(14-18)16-8-5-4-6-9-16;1-20(2,17-11-7-4-8-12-17)18-13-14-19(21-15-18)16-9-5-3-6-10-16;/h4-10,12-15H,1-3H3;3-9,11-15H,1-2H3;/q2*-1;. The summed E-state index contributed by atoms with van der Waals surface area (Å²) in [4.78, 5) is 9.26. The maximum atomic E-state index is 4.65. The molecule has 2 nitrogen and oxygen atoms in total. The number of pyridine rings is 2. The van der Waals surface area contributed by atoms with Crippen LogP contribution in [0.5, 0.6) is 0 Å². The van der Waals surface area contributed by atoms with E-state index in [-0.39, 0.29) is 25.5 Å². The minimum Gasteiger partial charge on any atom is -0.305 e. The summed E-state index contributed by atoms with van der Waals surface area (Å²) in [5, 5.41) is 1.38. The van der Waals surface area contributed by atoms with E-state index in [1.807, 2.05) is 54.9 Å². The topological polar surface area (TPSA) is 25.8 Å². The van der Waals surface area contributed by atoms with Crippen molar-refractivity contribution in [3.05, 3.63) is 163 Å². The summed E-state index contributed by atoms with van der Waals surface area (Å²) in [5.41, 5.74) is 8.90. The van der Waals surface area contributed by atoms with E-state index in [0.717, 1.165) is 22.5 Å². The van der Waals surface area contributed by atoms with Gasteiger partial charge in [-0.2, -0.15) is 0 Å². The third-order valence-electron chi connectivity index (χ3n) is 7.78. The molecule has 6 aromatic rings. The van der Waals surface area contributed by atoms with E-state index in [0.29, 0.717) is 0 Å². The molecule has 0 N–H and O–H groups in total. The van der Waals surface area contributed by atoms with Crippen LogP contribution in [0.25, 0.3) is 33.6 Å². The van der Waals surface area contributed by atoms with Crippen LogP contribution >= 0.6 is 0 Å². The van der Waals surface area contributed by atoms with Crippen LogP contribution in [0.15, 0.2) is 140 Å². The van der Waals surface area contributed by atoms with Crippen LogP contribution in [0.2, 0.25) is 19.6 Å². The van der Waals surface area contributed by atoms with E-state index >= 15 is 0 Å². The Kier molecular flexibility index (Phi) is 11.0. The second-order valence-electron chi connectivity index (χ2n) is 12.2. The molecule has 0 aliphatic heterocycles. The predicted molar refractivity (Wildman–Crippen MR) is 184 cm³/mol. The molecule has 0 amide bonds. The van der Waals surface area contributed by atoms with Crippen molar-refractivity contribution >= 4 is 13.3 Å². The minimum absolute atomic E-state index is 0. The Hall–Kier alpha value is -3.95. The van der Waals surface area contributed by atoms with Gasteiger partial charge in [-0.15, -0.1) is 71.3 Å². The molecule has 0 aliphatic carbocycles. The quantitative estimate of drug-likeness (QED) is 0.125. The number of hydrogen-bond donors (Lipinski definition) is 0. The Morgan fingerprint density at radius 2 is 1.16 bits per heavy atom. The second kappa shape index (κ2) is 14.7. The first-order valence-electron chi connectivity index (χ1n) is 14.7. The first-order chi connectivity index (χ1) is 20.7. The van der Waals surface area contributed by atoms with Crippen molar-refractivity contribution in [3.63, 3.8) is 0 Å². The molecule has 1 radical (unpaired) electrons. The molecular formula is C40H38IrN2Si-2. The average Bonchev–Trinajstić information content (AvgIpc) is 3.06. The van der Waals surface area contributed by atoms with Gasteiger partial charge in [0.25, 0.3) is 0 Å². The summed E-state index contributed by atoms with van der Waals surface area (Å²) < 4.78 is 0. The molecule has 4 heteroatoms. The van der Waals surface area contributed by atoms with Crippen LogP contribution in [-0.4, -0.2) is 18.0 Å². The first-order valence-corrected chi connectivity index (χ1v) is 18.2. The fourth-order valence-electron chi connectivity index (χ4n) is 4.92. The molecular weight excluding hydrogens is 729 g/mol. The number of rotatable bonds is 6. The molecule has 6 rings (SSSR count). The van der Waals surface area contributed by atoms with Crippen molar-refractivity contribution in [2.24, 2.45) is 0 Å². The molecule has 223 valence electrons. The van der Waals surface area contributed by atoms with Crippen molar-refractivity contribution < 1.29 is 20.1 Å². The second-order valence-corrected chi connectivity index (χ2v) is 17.3. The van der Waals surface area contributed by atoms with Gasteiger partial charge in [0.2, 0.25) is 0 Å². The predicted octanol–water partition coefficient (Wildman–Crippen LogP) is 9.63. The van der Waals surface area contributed by atoms with Crippen LogP contribution in [0.1, 0.15) is 25.0 Å². The molecule has 0 atom stereocenters. The molecule has 2 heterocycles. The summed E-state index contributed by atoms with van der Waals surface area (Å²) in [7, 11) is -1.29. The third kappa shape index (κ3) is 8.15.